The molecule has 0 saturated carbocycles. The molecule has 0 unspecified atom stereocenters. The molecule has 3 rings (SSSR count). The average molecular weight is 347 g/mol. The number of ether oxygens (including phenoxy) is 1. The van der Waals surface area contributed by atoms with Crippen LogP contribution in [0, 0.1) is 15.9 Å². The van der Waals surface area contributed by atoms with Gasteiger partial charge >= 0.3 is 0 Å². The van der Waals surface area contributed by atoms with Crippen molar-refractivity contribution in [3.05, 3.63) is 70.0 Å². The van der Waals surface area contributed by atoms with Crippen molar-refractivity contribution in [1.29, 1.82) is 0 Å². The summed E-state index contributed by atoms with van der Waals surface area (Å²) in [6.45, 7) is 0. The Morgan fingerprint density at radius 1 is 1.12 bits per heavy atom. The first-order chi connectivity index (χ1) is 11.5. The van der Waals surface area contributed by atoms with Gasteiger partial charge in [0.05, 0.1) is 16.7 Å². The molecule has 0 amide bonds. The van der Waals surface area contributed by atoms with Gasteiger partial charge in [-0.3, -0.25) is 15.1 Å². The van der Waals surface area contributed by atoms with Crippen LogP contribution < -0.4 is 4.74 Å². The number of rotatable bonds is 4. The van der Waals surface area contributed by atoms with Gasteiger partial charge in [-0.05, 0) is 35.9 Å². The van der Waals surface area contributed by atoms with Gasteiger partial charge < -0.3 is 4.74 Å². The quantitative estimate of drug-likeness (QED) is 0.402. The summed E-state index contributed by atoms with van der Waals surface area (Å²) in [5, 5.41) is 10.7. The highest BCUT2D eigenvalue weighted by atomic mass is 35.5. The van der Waals surface area contributed by atoms with Crippen molar-refractivity contribution in [2.24, 2.45) is 0 Å². The Bertz CT molecular complexity index is 923. The first kappa shape index (κ1) is 15.8. The maximum atomic E-state index is 14.0. The maximum Gasteiger partial charge on any atom is 0.272 e. The minimum Gasteiger partial charge on any atom is -0.452 e. The van der Waals surface area contributed by atoms with E-state index in [1.54, 1.807) is 18.2 Å². The molecule has 0 spiro atoms. The molecule has 0 bridgehead atoms. The molecule has 0 fully saturated rings. The molecule has 0 aliphatic rings. The van der Waals surface area contributed by atoms with Crippen LogP contribution in [0.25, 0.3) is 11.4 Å². The van der Waals surface area contributed by atoms with E-state index < -0.39 is 10.7 Å². The molecule has 9 heteroatoms. The molecule has 24 heavy (non-hydrogen) atoms. The molecular weight excluding hydrogens is 339 g/mol. The lowest BCUT2D eigenvalue weighted by Gasteiger charge is -2.10. The zero-order chi connectivity index (χ0) is 17.1. The molecule has 0 atom stereocenters. The highest BCUT2D eigenvalue weighted by Gasteiger charge is 2.15. The number of nitro groups is 1. The van der Waals surface area contributed by atoms with Gasteiger partial charge in [0.25, 0.3) is 5.69 Å². The van der Waals surface area contributed by atoms with Crippen LogP contribution in [0.2, 0.25) is 5.28 Å². The van der Waals surface area contributed by atoms with Gasteiger partial charge in [-0.2, -0.15) is 0 Å². The summed E-state index contributed by atoms with van der Waals surface area (Å²) in [6.07, 6.45) is 2.97. The standard InChI is InChI=1S/C15H8ClFN4O3/c16-15-19-7-5-11(20-15)14-13(2-1-6-18-14)24-12-4-3-9(21(22)23)8-10(12)17/h1-8H. The number of non-ortho nitro benzene ring substituents is 1. The minimum atomic E-state index is -0.861. The van der Waals surface area contributed by atoms with Crippen molar-refractivity contribution < 1.29 is 14.1 Å². The lowest BCUT2D eigenvalue weighted by molar-refractivity contribution is -0.385. The van der Waals surface area contributed by atoms with E-state index in [0.29, 0.717) is 11.4 Å². The van der Waals surface area contributed by atoms with Crippen molar-refractivity contribution in [2.75, 3.05) is 0 Å². The van der Waals surface area contributed by atoms with E-state index in [1.807, 2.05) is 0 Å². The highest BCUT2D eigenvalue weighted by Crippen LogP contribution is 2.32. The monoisotopic (exact) mass is 346 g/mol. The molecule has 0 aliphatic heterocycles. The normalized spacial score (nSPS) is 10.4. The Labute approximate surface area is 139 Å². The van der Waals surface area contributed by atoms with Crippen LogP contribution in [0.3, 0.4) is 0 Å². The number of hydrogen-bond donors (Lipinski definition) is 0. The molecule has 7 nitrogen and oxygen atoms in total. The molecule has 0 saturated heterocycles. The summed E-state index contributed by atoms with van der Waals surface area (Å²) >= 11 is 5.76. The molecule has 0 N–H and O–H groups in total. The Morgan fingerprint density at radius 3 is 2.67 bits per heavy atom. The average Bonchev–Trinajstić information content (AvgIpc) is 2.57. The molecule has 0 aliphatic carbocycles. The van der Waals surface area contributed by atoms with Crippen LogP contribution >= 0.6 is 11.6 Å². The predicted molar refractivity (Wildman–Crippen MR) is 83.4 cm³/mol. The van der Waals surface area contributed by atoms with Gasteiger partial charge in [0.2, 0.25) is 5.28 Å². The SMILES string of the molecule is O=[N+]([O-])c1ccc(Oc2cccnc2-c2ccnc(Cl)n2)c(F)c1. The Kier molecular flexibility index (Phi) is 4.30. The first-order valence-electron chi connectivity index (χ1n) is 6.60. The number of hydrogen-bond acceptors (Lipinski definition) is 6. The van der Waals surface area contributed by atoms with E-state index in [-0.39, 0.29) is 22.5 Å². The molecule has 1 aromatic carbocycles. The van der Waals surface area contributed by atoms with Gasteiger partial charge in [0.1, 0.15) is 5.69 Å². The van der Waals surface area contributed by atoms with Crippen LogP contribution in [-0.4, -0.2) is 19.9 Å². The Balaban J connectivity index is 1.98. The summed E-state index contributed by atoms with van der Waals surface area (Å²) in [7, 11) is 0. The fourth-order valence-electron chi connectivity index (χ4n) is 1.94. The summed E-state index contributed by atoms with van der Waals surface area (Å²) in [5.74, 6) is -0.810. The van der Waals surface area contributed by atoms with E-state index >= 15 is 0 Å². The maximum absolute atomic E-state index is 14.0. The van der Waals surface area contributed by atoms with Crippen molar-refractivity contribution in [3.63, 3.8) is 0 Å². The van der Waals surface area contributed by atoms with Crippen molar-refractivity contribution in [3.8, 4) is 22.9 Å². The van der Waals surface area contributed by atoms with Crippen LogP contribution in [-0.2, 0) is 0 Å². The fraction of sp³-hybridized carbons (Fsp3) is 0. The summed E-state index contributed by atoms with van der Waals surface area (Å²) in [4.78, 5) is 21.9. The van der Waals surface area contributed by atoms with Crippen LogP contribution in [0.15, 0.2) is 48.8 Å². The zero-order valence-electron chi connectivity index (χ0n) is 11.9. The second kappa shape index (κ2) is 6.55. The summed E-state index contributed by atoms with van der Waals surface area (Å²) in [5.41, 5.74) is 0.362. The lowest BCUT2D eigenvalue weighted by atomic mass is 10.2. The van der Waals surface area contributed by atoms with E-state index in [4.69, 9.17) is 16.3 Å². The van der Waals surface area contributed by atoms with E-state index in [1.165, 1.54) is 18.5 Å². The summed E-state index contributed by atoms with van der Waals surface area (Å²) < 4.78 is 19.5. The molecule has 0 radical (unpaired) electrons. The topological polar surface area (TPSA) is 91.0 Å². The van der Waals surface area contributed by atoms with Crippen molar-refractivity contribution in [2.45, 2.75) is 0 Å². The van der Waals surface area contributed by atoms with E-state index in [9.17, 15) is 14.5 Å². The largest absolute Gasteiger partial charge is 0.452 e. The fourth-order valence-corrected chi connectivity index (χ4v) is 2.08. The van der Waals surface area contributed by atoms with Gasteiger partial charge in [0, 0.05) is 18.5 Å². The number of nitro benzene ring substituents is 1. The summed E-state index contributed by atoms with van der Waals surface area (Å²) in [6, 6.07) is 7.86. The highest BCUT2D eigenvalue weighted by molar-refractivity contribution is 6.28. The van der Waals surface area contributed by atoms with Crippen LogP contribution in [0.1, 0.15) is 0 Å². The van der Waals surface area contributed by atoms with Crippen LogP contribution in [0.5, 0.6) is 11.5 Å². The van der Waals surface area contributed by atoms with Crippen molar-refractivity contribution in [1.82, 2.24) is 15.0 Å². The third kappa shape index (κ3) is 3.28. The van der Waals surface area contributed by atoms with Crippen molar-refractivity contribution >= 4 is 17.3 Å². The lowest BCUT2D eigenvalue weighted by Crippen LogP contribution is -1.96. The number of aromatic nitrogens is 3. The van der Waals surface area contributed by atoms with Gasteiger partial charge in [-0.15, -0.1) is 0 Å². The zero-order valence-corrected chi connectivity index (χ0v) is 12.6. The third-order valence-electron chi connectivity index (χ3n) is 2.99. The molecule has 3 aromatic rings. The number of halogens is 2. The van der Waals surface area contributed by atoms with Gasteiger partial charge in [-0.1, -0.05) is 0 Å². The Hall–Kier alpha value is -3.13. The number of pyridine rings is 1. The first-order valence-corrected chi connectivity index (χ1v) is 6.98. The number of benzene rings is 1. The molecular formula is C15H8ClFN4O3. The molecule has 2 aromatic heterocycles. The smallest absolute Gasteiger partial charge is 0.272 e. The molecule has 2 heterocycles. The minimum absolute atomic E-state index is 0.0330. The van der Waals surface area contributed by atoms with E-state index in [2.05, 4.69) is 15.0 Å². The number of nitrogens with zero attached hydrogens (tertiary/aromatic N) is 4. The van der Waals surface area contributed by atoms with Crippen LogP contribution in [0.4, 0.5) is 10.1 Å². The molecule has 120 valence electrons. The second-order valence-corrected chi connectivity index (χ2v) is 4.87. The Morgan fingerprint density at radius 2 is 1.96 bits per heavy atom. The van der Waals surface area contributed by atoms with Gasteiger partial charge in [0.15, 0.2) is 17.3 Å². The van der Waals surface area contributed by atoms with Gasteiger partial charge in [-0.25, -0.2) is 14.4 Å². The second-order valence-electron chi connectivity index (χ2n) is 4.53. The predicted octanol–water partition coefficient (Wildman–Crippen LogP) is 4.03. The third-order valence-corrected chi connectivity index (χ3v) is 3.17. The van der Waals surface area contributed by atoms with E-state index in [0.717, 1.165) is 12.1 Å².